The van der Waals surface area contributed by atoms with Crippen LogP contribution in [-0.2, 0) is 0 Å². The van der Waals surface area contributed by atoms with Gasteiger partial charge in [0.05, 0.1) is 11.7 Å². The lowest BCUT2D eigenvalue weighted by Crippen LogP contribution is -2.26. The van der Waals surface area contributed by atoms with E-state index in [1.54, 1.807) is 0 Å². The van der Waals surface area contributed by atoms with Gasteiger partial charge in [-0.15, -0.1) is 0 Å². The molecule has 94 valence electrons. The van der Waals surface area contributed by atoms with E-state index in [1.165, 1.54) is 5.56 Å². The molecule has 0 amide bonds. The summed E-state index contributed by atoms with van der Waals surface area (Å²) < 4.78 is 2.16. The summed E-state index contributed by atoms with van der Waals surface area (Å²) in [7, 11) is 0. The fourth-order valence-corrected chi connectivity index (χ4v) is 2.62. The van der Waals surface area contributed by atoms with Crippen LogP contribution in [0.5, 0.6) is 0 Å². The number of hydrogen-bond acceptors (Lipinski definition) is 2. The van der Waals surface area contributed by atoms with Gasteiger partial charge < -0.3 is 5.32 Å². The monoisotopic (exact) mass is 241 g/mol. The molecule has 18 heavy (non-hydrogen) atoms. The van der Waals surface area contributed by atoms with Crippen LogP contribution in [0.15, 0.2) is 36.4 Å². The fourth-order valence-electron chi connectivity index (χ4n) is 2.62. The van der Waals surface area contributed by atoms with E-state index in [0.29, 0.717) is 12.0 Å². The van der Waals surface area contributed by atoms with Gasteiger partial charge in [0.25, 0.3) is 0 Å². The van der Waals surface area contributed by atoms with Crippen LogP contribution >= 0.6 is 0 Å². The molecular weight excluding hydrogens is 222 g/mol. The first kappa shape index (κ1) is 11.3. The molecule has 0 aliphatic carbocycles. The number of nitrogens with zero attached hydrogens (tertiary/aromatic N) is 2. The maximum absolute atomic E-state index is 4.78. The van der Waals surface area contributed by atoms with Crippen LogP contribution in [0.25, 0.3) is 11.3 Å². The van der Waals surface area contributed by atoms with Gasteiger partial charge in [-0.25, -0.2) is 4.68 Å². The molecule has 1 atom stereocenters. The molecule has 0 fully saturated rings. The summed E-state index contributed by atoms with van der Waals surface area (Å²) in [5, 5.41) is 8.22. The molecule has 1 N–H and O–H groups in total. The minimum absolute atomic E-state index is 0.513. The number of anilines is 1. The highest BCUT2D eigenvalue weighted by molar-refractivity contribution is 5.63. The van der Waals surface area contributed by atoms with Crippen molar-refractivity contribution in [1.29, 1.82) is 0 Å². The number of fused-ring (bicyclic) bond motifs is 1. The molecule has 0 saturated heterocycles. The summed E-state index contributed by atoms with van der Waals surface area (Å²) in [5.41, 5.74) is 2.24. The summed E-state index contributed by atoms with van der Waals surface area (Å²) in [4.78, 5) is 0. The molecule has 1 aliphatic heterocycles. The Kier molecular flexibility index (Phi) is 2.82. The van der Waals surface area contributed by atoms with E-state index in [9.17, 15) is 0 Å². The highest BCUT2D eigenvalue weighted by Gasteiger charge is 2.24. The number of nitrogens with one attached hydrogen (secondary N) is 1. The summed E-state index contributed by atoms with van der Waals surface area (Å²) in [6, 6.07) is 13.0. The van der Waals surface area contributed by atoms with E-state index in [2.05, 4.69) is 54.2 Å². The van der Waals surface area contributed by atoms with Gasteiger partial charge in [0.15, 0.2) is 0 Å². The van der Waals surface area contributed by atoms with Gasteiger partial charge in [0.1, 0.15) is 5.82 Å². The second kappa shape index (κ2) is 4.48. The lowest BCUT2D eigenvalue weighted by atomic mass is 10.00. The zero-order valence-electron chi connectivity index (χ0n) is 10.9. The standard InChI is InChI=1S/C15H19N3/c1-11(2)14-8-9-16-15-10-13(17-18(14)15)12-6-4-3-5-7-12/h3-7,10-11,14,16H,8-9H2,1-2H3. The van der Waals surface area contributed by atoms with Crippen LogP contribution in [0.3, 0.4) is 0 Å². The van der Waals surface area contributed by atoms with Crippen LogP contribution < -0.4 is 5.32 Å². The van der Waals surface area contributed by atoms with Gasteiger partial charge in [-0.3, -0.25) is 0 Å². The van der Waals surface area contributed by atoms with Gasteiger partial charge in [-0.2, -0.15) is 5.10 Å². The first-order valence-corrected chi connectivity index (χ1v) is 6.64. The third-order valence-corrected chi connectivity index (χ3v) is 3.64. The Morgan fingerprint density at radius 2 is 2.06 bits per heavy atom. The highest BCUT2D eigenvalue weighted by atomic mass is 15.4. The van der Waals surface area contributed by atoms with Gasteiger partial charge in [-0.05, 0) is 12.3 Å². The fraction of sp³-hybridized carbons (Fsp3) is 0.400. The average molecular weight is 241 g/mol. The van der Waals surface area contributed by atoms with Gasteiger partial charge in [0, 0.05) is 18.2 Å². The van der Waals surface area contributed by atoms with Crippen molar-refractivity contribution < 1.29 is 0 Å². The Hall–Kier alpha value is -1.77. The van der Waals surface area contributed by atoms with Crippen molar-refractivity contribution in [3.05, 3.63) is 36.4 Å². The van der Waals surface area contributed by atoms with Crippen LogP contribution in [-0.4, -0.2) is 16.3 Å². The van der Waals surface area contributed by atoms with Crippen molar-refractivity contribution in [2.75, 3.05) is 11.9 Å². The molecule has 1 aromatic carbocycles. The molecule has 2 aromatic rings. The molecule has 3 rings (SSSR count). The SMILES string of the molecule is CC(C)C1CCNc2cc(-c3ccccc3)nn21. The van der Waals surface area contributed by atoms with Crippen LogP contribution in [0.2, 0.25) is 0 Å². The summed E-state index contributed by atoms with van der Waals surface area (Å²) in [5.74, 6) is 1.77. The van der Waals surface area contributed by atoms with Crippen LogP contribution in [0, 0.1) is 5.92 Å². The van der Waals surface area contributed by atoms with Crippen molar-refractivity contribution >= 4 is 5.82 Å². The van der Waals surface area contributed by atoms with E-state index in [4.69, 9.17) is 5.10 Å². The minimum atomic E-state index is 0.513. The maximum atomic E-state index is 4.78. The number of benzene rings is 1. The Bertz CT molecular complexity index is 528. The molecule has 0 saturated carbocycles. The Morgan fingerprint density at radius 1 is 1.28 bits per heavy atom. The second-order valence-electron chi connectivity index (χ2n) is 5.25. The highest BCUT2D eigenvalue weighted by Crippen LogP contribution is 2.32. The minimum Gasteiger partial charge on any atom is -0.370 e. The van der Waals surface area contributed by atoms with E-state index in [0.717, 1.165) is 24.5 Å². The van der Waals surface area contributed by atoms with Crippen molar-refractivity contribution in [2.24, 2.45) is 5.92 Å². The first-order chi connectivity index (χ1) is 8.75. The van der Waals surface area contributed by atoms with Crippen LogP contribution in [0.4, 0.5) is 5.82 Å². The Labute approximate surface area is 108 Å². The maximum Gasteiger partial charge on any atom is 0.125 e. The topological polar surface area (TPSA) is 29.9 Å². The molecule has 0 spiro atoms. The number of rotatable bonds is 2. The smallest absolute Gasteiger partial charge is 0.125 e. The zero-order valence-corrected chi connectivity index (χ0v) is 10.9. The quantitative estimate of drug-likeness (QED) is 0.871. The summed E-state index contributed by atoms with van der Waals surface area (Å²) in [6.07, 6.45) is 1.15. The number of hydrogen-bond donors (Lipinski definition) is 1. The predicted molar refractivity (Wildman–Crippen MR) is 74.6 cm³/mol. The van der Waals surface area contributed by atoms with Crippen LogP contribution in [0.1, 0.15) is 26.3 Å². The zero-order chi connectivity index (χ0) is 12.5. The van der Waals surface area contributed by atoms with Crippen molar-refractivity contribution in [1.82, 2.24) is 9.78 Å². The molecule has 2 heterocycles. The molecule has 3 heteroatoms. The van der Waals surface area contributed by atoms with Crippen molar-refractivity contribution in [3.8, 4) is 11.3 Å². The largest absolute Gasteiger partial charge is 0.370 e. The third kappa shape index (κ3) is 1.90. The molecular formula is C15H19N3. The average Bonchev–Trinajstić information content (AvgIpc) is 2.83. The van der Waals surface area contributed by atoms with Gasteiger partial charge in [0.2, 0.25) is 0 Å². The van der Waals surface area contributed by atoms with E-state index in [1.807, 2.05) is 6.07 Å². The molecule has 1 aliphatic rings. The Morgan fingerprint density at radius 3 is 2.78 bits per heavy atom. The Balaban J connectivity index is 2.01. The predicted octanol–water partition coefficient (Wildman–Crippen LogP) is 3.56. The lowest BCUT2D eigenvalue weighted by Gasteiger charge is -2.28. The van der Waals surface area contributed by atoms with Gasteiger partial charge in [-0.1, -0.05) is 44.2 Å². The molecule has 1 unspecified atom stereocenters. The second-order valence-corrected chi connectivity index (χ2v) is 5.25. The van der Waals surface area contributed by atoms with Gasteiger partial charge >= 0.3 is 0 Å². The molecule has 0 bridgehead atoms. The molecule has 3 nitrogen and oxygen atoms in total. The van der Waals surface area contributed by atoms with Crippen molar-refractivity contribution in [2.45, 2.75) is 26.3 Å². The van der Waals surface area contributed by atoms with Crippen molar-refractivity contribution in [3.63, 3.8) is 0 Å². The van der Waals surface area contributed by atoms with E-state index < -0.39 is 0 Å². The molecule has 1 aromatic heterocycles. The number of aromatic nitrogens is 2. The summed E-state index contributed by atoms with van der Waals surface area (Å²) >= 11 is 0. The summed E-state index contributed by atoms with van der Waals surface area (Å²) in [6.45, 7) is 5.58. The van der Waals surface area contributed by atoms with E-state index in [-0.39, 0.29) is 0 Å². The third-order valence-electron chi connectivity index (χ3n) is 3.64. The molecule has 0 radical (unpaired) electrons. The normalized spacial score (nSPS) is 18.5. The first-order valence-electron chi connectivity index (χ1n) is 6.64. The van der Waals surface area contributed by atoms with E-state index >= 15 is 0 Å². The lowest BCUT2D eigenvalue weighted by molar-refractivity contribution is 0.323.